The van der Waals surface area contributed by atoms with Crippen molar-refractivity contribution >= 4 is 0 Å². The number of pyridine rings is 1. The van der Waals surface area contributed by atoms with Crippen LogP contribution in [0.4, 0.5) is 0 Å². The van der Waals surface area contributed by atoms with E-state index in [-0.39, 0.29) is 0 Å². The zero-order valence-corrected chi connectivity index (χ0v) is 7.21. The fourth-order valence-electron chi connectivity index (χ4n) is 1.07. The highest BCUT2D eigenvalue weighted by Crippen LogP contribution is 2.12. The zero-order valence-electron chi connectivity index (χ0n) is 7.21. The minimum Gasteiger partial charge on any atom is -0.495 e. The molecule has 0 aliphatic rings. The molecule has 0 saturated heterocycles. The van der Waals surface area contributed by atoms with Crippen molar-refractivity contribution in [3.8, 4) is 11.4 Å². The van der Waals surface area contributed by atoms with Crippen molar-refractivity contribution in [2.75, 3.05) is 7.11 Å². The van der Waals surface area contributed by atoms with Gasteiger partial charge in [0.1, 0.15) is 5.75 Å². The van der Waals surface area contributed by atoms with Gasteiger partial charge in [0, 0.05) is 18.5 Å². The molecule has 0 aromatic carbocycles. The van der Waals surface area contributed by atoms with Crippen molar-refractivity contribution in [2.45, 2.75) is 0 Å². The van der Waals surface area contributed by atoms with Crippen LogP contribution in [-0.4, -0.2) is 21.9 Å². The van der Waals surface area contributed by atoms with Crippen LogP contribution in [0.15, 0.2) is 36.9 Å². The molecule has 0 spiro atoms. The predicted molar refractivity (Wildman–Crippen MR) is 47.9 cm³/mol. The van der Waals surface area contributed by atoms with Crippen molar-refractivity contribution in [3.05, 3.63) is 36.9 Å². The van der Waals surface area contributed by atoms with Gasteiger partial charge in [-0.2, -0.15) is 5.10 Å². The lowest BCUT2D eigenvalue weighted by Gasteiger charge is -2.02. The molecule has 0 N–H and O–H groups in total. The molecule has 66 valence electrons. The molecule has 0 aliphatic heterocycles. The van der Waals surface area contributed by atoms with Gasteiger partial charge in [0.05, 0.1) is 25.2 Å². The fraction of sp³-hybridized carbons (Fsp3) is 0.111. The second kappa shape index (κ2) is 3.26. The van der Waals surface area contributed by atoms with Crippen LogP contribution in [0, 0.1) is 0 Å². The van der Waals surface area contributed by atoms with Gasteiger partial charge in [-0.15, -0.1) is 0 Å². The van der Waals surface area contributed by atoms with Gasteiger partial charge in [0.15, 0.2) is 0 Å². The topological polar surface area (TPSA) is 39.9 Å². The molecule has 2 rings (SSSR count). The Morgan fingerprint density at radius 3 is 3.00 bits per heavy atom. The Balaban J connectivity index is 2.41. The summed E-state index contributed by atoms with van der Waals surface area (Å²) in [4.78, 5) is 4.03. The van der Waals surface area contributed by atoms with Crippen LogP contribution in [0.5, 0.6) is 5.75 Å². The van der Waals surface area contributed by atoms with Gasteiger partial charge in [-0.3, -0.25) is 4.98 Å². The number of nitrogens with zero attached hydrogens (tertiary/aromatic N) is 3. The van der Waals surface area contributed by atoms with E-state index in [2.05, 4.69) is 10.1 Å². The van der Waals surface area contributed by atoms with E-state index in [1.807, 2.05) is 18.3 Å². The summed E-state index contributed by atoms with van der Waals surface area (Å²) in [6.07, 6.45) is 6.97. The van der Waals surface area contributed by atoms with Gasteiger partial charge >= 0.3 is 0 Å². The molecule has 0 saturated carbocycles. The van der Waals surface area contributed by atoms with Crippen molar-refractivity contribution < 1.29 is 4.74 Å². The van der Waals surface area contributed by atoms with Crippen LogP contribution >= 0.6 is 0 Å². The SMILES string of the molecule is COc1cncc(-n2cccn2)c1. The molecule has 4 nitrogen and oxygen atoms in total. The van der Waals surface area contributed by atoms with E-state index in [9.17, 15) is 0 Å². The molecule has 2 aromatic heterocycles. The maximum absolute atomic E-state index is 5.05. The minimum absolute atomic E-state index is 0.730. The van der Waals surface area contributed by atoms with Gasteiger partial charge in [-0.05, 0) is 6.07 Å². The smallest absolute Gasteiger partial charge is 0.139 e. The summed E-state index contributed by atoms with van der Waals surface area (Å²) < 4.78 is 6.78. The third kappa shape index (κ3) is 1.51. The highest BCUT2D eigenvalue weighted by molar-refractivity contribution is 5.34. The summed E-state index contributed by atoms with van der Waals surface area (Å²) in [6.45, 7) is 0. The highest BCUT2D eigenvalue weighted by atomic mass is 16.5. The first kappa shape index (κ1) is 7.79. The predicted octanol–water partition coefficient (Wildman–Crippen LogP) is 1.28. The Hall–Kier alpha value is -1.84. The largest absolute Gasteiger partial charge is 0.495 e. The van der Waals surface area contributed by atoms with Crippen LogP contribution in [0.2, 0.25) is 0 Å². The Morgan fingerprint density at radius 2 is 2.31 bits per heavy atom. The van der Waals surface area contributed by atoms with Gasteiger partial charge in [-0.25, -0.2) is 4.68 Å². The van der Waals surface area contributed by atoms with Crippen molar-refractivity contribution in [2.24, 2.45) is 0 Å². The summed E-state index contributed by atoms with van der Waals surface area (Å²) >= 11 is 0. The van der Waals surface area contributed by atoms with E-state index < -0.39 is 0 Å². The fourth-order valence-corrected chi connectivity index (χ4v) is 1.07. The maximum atomic E-state index is 5.05. The number of rotatable bonds is 2. The molecule has 2 aromatic rings. The average Bonchev–Trinajstić information content (AvgIpc) is 2.71. The Morgan fingerprint density at radius 1 is 1.38 bits per heavy atom. The van der Waals surface area contributed by atoms with Crippen LogP contribution in [0.25, 0.3) is 5.69 Å². The molecule has 4 heteroatoms. The molecule has 0 aliphatic carbocycles. The molecule has 2 heterocycles. The van der Waals surface area contributed by atoms with E-state index in [1.165, 1.54) is 0 Å². The first-order valence-electron chi connectivity index (χ1n) is 3.89. The van der Waals surface area contributed by atoms with Crippen LogP contribution in [0.1, 0.15) is 0 Å². The third-order valence-corrected chi connectivity index (χ3v) is 1.70. The molecule has 0 amide bonds. The van der Waals surface area contributed by atoms with E-state index in [4.69, 9.17) is 4.74 Å². The highest BCUT2D eigenvalue weighted by Gasteiger charge is 1.97. The number of ether oxygens (including phenoxy) is 1. The van der Waals surface area contributed by atoms with Crippen molar-refractivity contribution in [1.29, 1.82) is 0 Å². The molecule has 0 atom stereocenters. The molecule has 13 heavy (non-hydrogen) atoms. The van der Waals surface area contributed by atoms with Gasteiger partial charge < -0.3 is 4.74 Å². The first-order chi connectivity index (χ1) is 6.40. The molecule has 0 fully saturated rings. The standard InChI is InChI=1S/C9H9N3O/c1-13-9-5-8(6-10-7-9)12-4-2-3-11-12/h2-7H,1H3. The lowest BCUT2D eigenvalue weighted by atomic mass is 10.4. The second-order valence-electron chi connectivity index (χ2n) is 2.53. The molecular weight excluding hydrogens is 166 g/mol. The van der Waals surface area contributed by atoms with Gasteiger partial charge in [0.2, 0.25) is 0 Å². The number of hydrogen-bond donors (Lipinski definition) is 0. The zero-order chi connectivity index (χ0) is 9.10. The molecule has 0 bridgehead atoms. The second-order valence-corrected chi connectivity index (χ2v) is 2.53. The lowest BCUT2D eigenvalue weighted by Crippen LogP contribution is -1.95. The van der Waals surface area contributed by atoms with Crippen LogP contribution in [0.3, 0.4) is 0 Å². The Kier molecular flexibility index (Phi) is 1.96. The van der Waals surface area contributed by atoms with Crippen LogP contribution in [-0.2, 0) is 0 Å². The lowest BCUT2D eigenvalue weighted by molar-refractivity contribution is 0.412. The van der Waals surface area contributed by atoms with E-state index in [0.717, 1.165) is 11.4 Å². The summed E-state index contributed by atoms with van der Waals surface area (Å²) in [7, 11) is 1.61. The van der Waals surface area contributed by atoms with Gasteiger partial charge in [-0.1, -0.05) is 0 Å². The number of aromatic nitrogens is 3. The number of hydrogen-bond acceptors (Lipinski definition) is 3. The molecule has 0 unspecified atom stereocenters. The van der Waals surface area contributed by atoms with E-state index in [0.29, 0.717) is 0 Å². The molecular formula is C9H9N3O. The molecule has 0 radical (unpaired) electrons. The average molecular weight is 175 g/mol. The van der Waals surface area contributed by atoms with E-state index in [1.54, 1.807) is 30.4 Å². The summed E-state index contributed by atoms with van der Waals surface area (Å²) in [6, 6.07) is 3.74. The quantitative estimate of drug-likeness (QED) is 0.690. The van der Waals surface area contributed by atoms with Crippen molar-refractivity contribution in [1.82, 2.24) is 14.8 Å². The Bertz CT molecular complexity index is 384. The van der Waals surface area contributed by atoms with E-state index >= 15 is 0 Å². The minimum atomic E-state index is 0.730. The third-order valence-electron chi connectivity index (χ3n) is 1.70. The maximum Gasteiger partial charge on any atom is 0.139 e. The van der Waals surface area contributed by atoms with Gasteiger partial charge in [0.25, 0.3) is 0 Å². The Labute approximate surface area is 75.8 Å². The summed E-state index contributed by atoms with van der Waals surface area (Å²) in [5, 5.41) is 4.08. The first-order valence-corrected chi connectivity index (χ1v) is 3.89. The monoisotopic (exact) mass is 175 g/mol. The summed E-state index contributed by atoms with van der Waals surface area (Å²) in [5.41, 5.74) is 0.893. The summed E-state index contributed by atoms with van der Waals surface area (Å²) in [5.74, 6) is 0.730. The van der Waals surface area contributed by atoms with Crippen molar-refractivity contribution in [3.63, 3.8) is 0 Å². The normalized spacial score (nSPS) is 9.92. The van der Waals surface area contributed by atoms with Crippen LogP contribution < -0.4 is 4.74 Å². The number of methoxy groups -OCH3 is 1.